The molecule has 1 aromatic heterocycles. The molecule has 3 aromatic rings. The van der Waals surface area contributed by atoms with Gasteiger partial charge in [-0.05, 0) is 62.1 Å². The number of carbonyl (C=O) groups excluding carboxylic acids is 1. The van der Waals surface area contributed by atoms with Gasteiger partial charge in [0.2, 0.25) is 0 Å². The lowest BCUT2D eigenvalue weighted by atomic mass is 10.1. The standard InChI is InChI=1S/C25H33ClN10O3.C4H8O2/c1-14-19(34-25(28)29)8-16(11-31-18-5-6-18)9-20(14)36-22(27)21(24(37)38)23(35-36)39-13-33-32-12-30-10-15-3-2-4-17(26)7-15;1-3-6-4(2)5/h2-4,7-9,18,30-33H,5-6,10-13,27H2,1H3,(H,37,38)(H4,28,29,34);3H2,1-2H3. The first-order valence-electron chi connectivity index (χ1n) is 14.3. The summed E-state index contributed by atoms with van der Waals surface area (Å²) in [4.78, 5) is 26.1. The van der Waals surface area contributed by atoms with Gasteiger partial charge in [0, 0.05) is 36.6 Å². The number of aliphatic imine (C=N–C) groups is 1. The van der Waals surface area contributed by atoms with E-state index in [1.165, 1.54) is 11.6 Å². The molecule has 0 bridgehead atoms. The maximum atomic E-state index is 12.0. The Morgan fingerprint density at radius 1 is 1.16 bits per heavy atom. The van der Waals surface area contributed by atoms with Crippen molar-refractivity contribution >= 4 is 41.0 Å². The fourth-order valence-corrected chi connectivity index (χ4v) is 4.31. The molecule has 1 aliphatic carbocycles. The lowest BCUT2D eigenvalue weighted by Crippen LogP contribution is -2.41. The van der Waals surface area contributed by atoms with Crippen LogP contribution in [0.5, 0.6) is 5.88 Å². The van der Waals surface area contributed by atoms with Crippen molar-refractivity contribution in [3.05, 3.63) is 63.7 Å². The highest BCUT2D eigenvalue weighted by Gasteiger charge is 2.26. The first-order valence-corrected chi connectivity index (χ1v) is 14.6. The van der Waals surface area contributed by atoms with Gasteiger partial charge < -0.3 is 37.1 Å². The van der Waals surface area contributed by atoms with E-state index < -0.39 is 5.97 Å². The topological polar surface area (TPSA) is 229 Å². The molecule has 0 aliphatic heterocycles. The zero-order chi connectivity index (χ0) is 32.9. The Bertz CT molecular complexity index is 1490. The number of guanidine groups is 1. The Balaban J connectivity index is 0.000000838. The molecule has 1 fully saturated rings. The maximum absolute atomic E-state index is 12.0. The van der Waals surface area contributed by atoms with Gasteiger partial charge in [0.1, 0.15) is 5.82 Å². The molecule has 0 amide bonds. The highest BCUT2D eigenvalue weighted by molar-refractivity contribution is 6.30. The monoisotopic (exact) mass is 644 g/mol. The van der Waals surface area contributed by atoms with E-state index >= 15 is 0 Å². The molecule has 1 heterocycles. The number of nitrogens with one attached hydrogen (secondary N) is 4. The maximum Gasteiger partial charge on any atom is 0.345 e. The predicted octanol–water partition coefficient (Wildman–Crippen LogP) is 2.02. The van der Waals surface area contributed by atoms with Crippen LogP contribution in [0, 0.1) is 6.92 Å². The quantitative estimate of drug-likeness (QED) is 0.0296. The second-order valence-corrected chi connectivity index (χ2v) is 10.5. The summed E-state index contributed by atoms with van der Waals surface area (Å²) in [5.41, 5.74) is 26.8. The van der Waals surface area contributed by atoms with Crippen molar-refractivity contribution in [3.63, 3.8) is 0 Å². The third-order valence-corrected chi connectivity index (χ3v) is 6.59. The number of carbonyl (C=O) groups is 2. The van der Waals surface area contributed by atoms with Gasteiger partial charge in [0.15, 0.2) is 18.3 Å². The Kier molecular flexibility index (Phi) is 13.4. The predicted molar refractivity (Wildman–Crippen MR) is 172 cm³/mol. The minimum Gasteiger partial charge on any atom is -0.477 e. The SMILES string of the molecule is CCOC(C)=O.Cc1c(N=C(N)N)cc(CNC2CC2)cc1-n1nc(OCNNCNCc2cccc(Cl)c2)c(C(=O)O)c1N. The van der Waals surface area contributed by atoms with Gasteiger partial charge in [-0.15, -0.1) is 5.10 Å². The van der Waals surface area contributed by atoms with E-state index in [-0.39, 0.29) is 35.9 Å². The average molecular weight is 645 g/mol. The number of halogens is 1. The summed E-state index contributed by atoms with van der Waals surface area (Å²) in [7, 11) is 0. The van der Waals surface area contributed by atoms with E-state index in [0.717, 1.165) is 24.0 Å². The van der Waals surface area contributed by atoms with Crippen molar-refractivity contribution in [3.8, 4) is 11.6 Å². The molecule has 0 atom stereocenters. The van der Waals surface area contributed by atoms with Crippen molar-refractivity contribution in [1.82, 2.24) is 31.3 Å². The summed E-state index contributed by atoms with van der Waals surface area (Å²) in [5, 5.41) is 21.5. The van der Waals surface area contributed by atoms with E-state index in [1.807, 2.05) is 36.4 Å². The second kappa shape index (κ2) is 17.2. The minimum absolute atomic E-state index is 0.0703. The van der Waals surface area contributed by atoms with Crippen molar-refractivity contribution in [2.24, 2.45) is 16.5 Å². The molecule has 45 heavy (non-hydrogen) atoms. The van der Waals surface area contributed by atoms with Gasteiger partial charge in [0.25, 0.3) is 5.88 Å². The molecule has 15 nitrogen and oxygen atoms in total. The van der Waals surface area contributed by atoms with Gasteiger partial charge in [-0.3, -0.25) is 10.1 Å². The minimum atomic E-state index is -1.27. The number of ether oxygens (including phenoxy) is 2. The average Bonchev–Trinajstić information content (AvgIpc) is 3.74. The van der Waals surface area contributed by atoms with E-state index in [2.05, 4.69) is 36.3 Å². The van der Waals surface area contributed by atoms with Crippen molar-refractivity contribution in [1.29, 1.82) is 0 Å². The Hall–Kier alpha value is -4.41. The molecule has 2 aromatic carbocycles. The first kappa shape index (κ1) is 35.1. The van der Waals surface area contributed by atoms with Gasteiger partial charge in [-0.1, -0.05) is 23.7 Å². The van der Waals surface area contributed by atoms with Crippen molar-refractivity contribution in [2.45, 2.75) is 52.7 Å². The second-order valence-electron chi connectivity index (χ2n) is 10.0. The van der Waals surface area contributed by atoms with Crippen LogP contribution < -0.4 is 43.4 Å². The van der Waals surface area contributed by atoms with Crippen LogP contribution in [-0.2, 0) is 22.6 Å². The number of anilines is 1. The number of nitrogens with two attached hydrogens (primary N) is 3. The van der Waals surface area contributed by atoms with Crippen molar-refractivity contribution in [2.75, 3.05) is 25.7 Å². The number of hydrogen-bond donors (Lipinski definition) is 8. The largest absolute Gasteiger partial charge is 0.477 e. The molecule has 0 saturated heterocycles. The van der Waals surface area contributed by atoms with Crippen LogP contribution >= 0.6 is 11.6 Å². The van der Waals surface area contributed by atoms with Gasteiger partial charge >= 0.3 is 11.9 Å². The van der Waals surface area contributed by atoms with Crippen LogP contribution in [0.4, 0.5) is 11.5 Å². The number of hydrazine groups is 1. The summed E-state index contributed by atoms with van der Waals surface area (Å²) in [5.74, 6) is -1.79. The van der Waals surface area contributed by atoms with Crippen LogP contribution in [0.25, 0.3) is 5.69 Å². The number of aromatic carboxylic acids is 1. The summed E-state index contributed by atoms with van der Waals surface area (Å²) in [6.45, 7) is 6.99. The zero-order valence-corrected chi connectivity index (χ0v) is 26.3. The van der Waals surface area contributed by atoms with E-state index in [1.54, 1.807) is 13.8 Å². The third-order valence-electron chi connectivity index (χ3n) is 6.35. The lowest BCUT2D eigenvalue weighted by Gasteiger charge is -2.14. The summed E-state index contributed by atoms with van der Waals surface area (Å²) >= 11 is 5.99. The van der Waals surface area contributed by atoms with Gasteiger partial charge in [0.05, 0.1) is 24.7 Å². The Labute approximate surface area is 266 Å². The summed E-state index contributed by atoms with van der Waals surface area (Å²) in [6.07, 6.45) is 2.27. The van der Waals surface area contributed by atoms with Crippen LogP contribution in [0.1, 0.15) is 53.7 Å². The molecule has 0 radical (unpaired) electrons. The summed E-state index contributed by atoms with van der Waals surface area (Å²) < 4.78 is 11.4. The number of aromatic nitrogens is 2. The molecule has 16 heteroatoms. The van der Waals surface area contributed by atoms with Crippen LogP contribution in [0.2, 0.25) is 5.02 Å². The smallest absolute Gasteiger partial charge is 0.345 e. The number of rotatable bonds is 15. The van der Waals surface area contributed by atoms with Crippen LogP contribution in [0.15, 0.2) is 41.4 Å². The van der Waals surface area contributed by atoms with Crippen LogP contribution in [-0.4, -0.2) is 58.8 Å². The Morgan fingerprint density at radius 3 is 2.51 bits per heavy atom. The molecule has 11 N–H and O–H groups in total. The highest BCUT2D eigenvalue weighted by Crippen LogP contribution is 2.33. The number of nitrogen functional groups attached to an aromatic ring is 1. The molecular formula is C29H41ClN10O5. The molecular weight excluding hydrogens is 604 g/mol. The highest BCUT2D eigenvalue weighted by atomic mass is 35.5. The third kappa shape index (κ3) is 11.2. The zero-order valence-electron chi connectivity index (χ0n) is 25.5. The number of carboxylic acids is 1. The number of nitrogens with zero attached hydrogens (tertiary/aromatic N) is 3. The van der Waals surface area contributed by atoms with Crippen LogP contribution in [0.3, 0.4) is 0 Å². The van der Waals surface area contributed by atoms with Gasteiger partial charge in [-0.2, -0.15) is 0 Å². The molecule has 4 rings (SSSR count). The lowest BCUT2D eigenvalue weighted by molar-refractivity contribution is -0.140. The fraction of sp³-hybridized carbons (Fsp3) is 0.379. The number of benzene rings is 2. The molecule has 1 aliphatic rings. The van der Waals surface area contributed by atoms with Crippen molar-refractivity contribution < 1.29 is 24.2 Å². The van der Waals surface area contributed by atoms with E-state index in [9.17, 15) is 14.7 Å². The number of carboxylic acid groups (broad SMARTS) is 1. The molecule has 0 spiro atoms. The number of hydrogen-bond acceptors (Lipinski definition) is 11. The Morgan fingerprint density at radius 2 is 1.91 bits per heavy atom. The fourth-order valence-electron chi connectivity index (χ4n) is 4.10. The summed E-state index contributed by atoms with van der Waals surface area (Å²) in [6, 6.07) is 11.8. The molecule has 244 valence electrons. The van der Waals surface area contributed by atoms with E-state index in [4.69, 9.17) is 33.5 Å². The van der Waals surface area contributed by atoms with Gasteiger partial charge in [-0.25, -0.2) is 25.3 Å². The normalized spacial score (nSPS) is 12.2. The van der Waals surface area contributed by atoms with E-state index in [0.29, 0.717) is 54.4 Å². The molecule has 1 saturated carbocycles. The number of esters is 1. The first-order chi connectivity index (χ1) is 21.5. The molecule has 0 unspecified atom stereocenters.